The van der Waals surface area contributed by atoms with Gasteiger partial charge < -0.3 is 14.4 Å². The van der Waals surface area contributed by atoms with Crippen molar-refractivity contribution in [2.75, 3.05) is 27.3 Å². The third kappa shape index (κ3) is 3.34. The summed E-state index contributed by atoms with van der Waals surface area (Å²) >= 11 is 0. The van der Waals surface area contributed by atoms with E-state index >= 15 is 0 Å². The molecule has 0 spiro atoms. The molecule has 2 aromatic rings. The maximum Gasteiger partial charge on any atom is 0.276 e. The number of para-hydroxylation sites is 1. The number of ether oxygens (including phenoxy) is 2. The second-order valence-corrected chi connectivity index (χ2v) is 5.51. The molecule has 3 rings (SSSR count). The van der Waals surface area contributed by atoms with Crippen molar-refractivity contribution in [3.63, 3.8) is 0 Å². The van der Waals surface area contributed by atoms with E-state index < -0.39 is 0 Å². The van der Waals surface area contributed by atoms with Crippen LogP contribution >= 0.6 is 0 Å². The summed E-state index contributed by atoms with van der Waals surface area (Å²) in [7, 11) is 3.30. The molecule has 1 amide bonds. The molecule has 1 aliphatic heterocycles. The molecular formula is C16H20N4O3. The first kappa shape index (κ1) is 15.5. The molecule has 23 heavy (non-hydrogen) atoms. The molecule has 1 unspecified atom stereocenters. The lowest BCUT2D eigenvalue weighted by Crippen LogP contribution is -2.30. The number of rotatable bonds is 5. The number of benzene rings is 1. The number of hydrogen-bond donors (Lipinski definition) is 0. The van der Waals surface area contributed by atoms with Crippen molar-refractivity contribution in [2.45, 2.75) is 19.1 Å². The molecule has 0 N–H and O–H groups in total. The minimum atomic E-state index is -0.101. The third-order valence-corrected chi connectivity index (χ3v) is 4.05. The Morgan fingerprint density at radius 2 is 2.17 bits per heavy atom. The van der Waals surface area contributed by atoms with Gasteiger partial charge in [-0.05, 0) is 12.5 Å². The van der Waals surface area contributed by atoms with Crippen molar-refractivity contribution >= 4 is 5.91 Å². The zero-order valence-corrected chi connectivity index (χ0v) is 13.3. The summed E-state index contributed by atoms with van der Waals surface area (Å²) < 4.78 is 12.3. The summed E-state index contributed by atoms with van der Waals surface area (Å²) in [5, 5.41) is 8.05. The largest absolute Gasteiger partial charge is 0.496 e. The Kier molecular flexibility index (Phi) is 4.57. The van der Waals surface area contributed by atoms with Crippen molar-refractivity contribution < 1.29 is 14.3 Å². The summed E-state index contributed by atoms with van der Waals surface area (Å²) in [4.78, 5) is 14.2. The van der Waals surface area contributed by atoms with Gasteiger partial charge in [-0.25, -0.2) is 4.68 Å². The molecule has 7 heteroatoms. The number of methoxy groups -OCH3 is 2. The molecule has 0 bridgehead atoms. The number of carbonyl (C=O) groups is 1. The van der Waals surface area contributed by atoms with Crippen molar-refractivity contribution in [2.24, 2.45) is 0 Å². The van der Waals surface area contributed by atoms with Crippen LogP contribution in [0.3, 0.4) is 0 Å². The Hall–Kier alpha value is -2.41. The van der Waals surface area contributed by atoms with Crippen molar-refractivity contribution in [1.82, 2.24) is 19.9 Å². The van der Waals surface area contributed by atoms with Gasteiger partial charge in [0, 0.05) is 25.8 Å². The van der Waals surface area contributed by atoms with Gasteiger partial charge in [-0.3, -0.25) is 4.79 Å². The second kappa shape index (κ2) is 6.78. The highest BCUT2D eigenvalue weighted by Crippen LogP contribution is 2.19. The van der Waals surface area contributed by atoms with Gasteiger partial charge in [0.05, 0.1) is 26.0 Å². The molecule has 1 atom stereocenters. The number of aromatic nitrogens is 3. The molecule has 0 aliphatic carbocycles. The Labute approximate surface area is 134 Å². The van der Waals surface area contributed by atoms with Gasteiger partial charge in [0.2, 0.25) is 0 Å². The van der Waals surface area contributed by atoms with E-state index in [1.165, 1.54) is 0 Å². The first-order valence-electron chi connectivity index (χ1n) is 7.55. The number of likely N-dealkylation sites (tertiary alicyclic amines) is 1. The maximum absolute atomic E-state index is 12.4. The van der Waals surface area contributed by atoms with Crippen LogP contribution in [0.4, 0.5) is 0 Å². The van der Waals surface area contributed by atoms with Crippen LogP contribution in [0.1, 0.15) is 22.5 Å². The predicted molar refractivity (Wildman–Crippen MR) is 83.4 cm³/mol. The van der Waals surface area contributed by atoms with E-state index in [0.29, 0.717) is 25.3 Å². The molecule has 1 saturated heterocycles. The van der Waals surface area contributed by atoms with E-state index in [1.807, 2.05) is 24.3 Å². The normalized spacial score (nSPS) is 17.5. The summed E-state index contributed by atoms with van der Waals surface area (Å²) in [6.45, 7) is 1.80. The molecule has 0 radical (unpaired) electrons. The Morgan fingerprint density at radius 3 is 2.91 bits per heavy atom. The van der Waals surface area contributed by atoms with Crippen LogP contribution in [-0.4, -0.2) is 59.2 Å². The topological polar surface area (TPSA) is 69.5 Å². The minimum Gasteiger partial charge on any atom is -0.496 e. The zero-order chi connectivity index (χ0) is 16.2. The minimum absolute atomic E-state index is 0.101. The van der Waals surface area contributed by atoms with Gasteiger partial charge in [0.1, 0.15) is 5.75 Å². The zero-order valence-electron chi connectivity index (χ0n) is 13.3. The van der Waals surface area contributed by atoms with Crippen LogP contribution in [0.2, 0.25) is 0 Å². The lowest BCUT2D eigenvalue weighted by atomic mass is 10.2. The SMILES string of the molecule is COc1ccccc1Cn1cc(C(=O)N2CCC(OC)C2)nn1. The fourth-order valence-corrected chi connectivity index (χ4v) is 2.75. The maximum atomic E-state index is 12.4. The Bertz CT molecular complexity index is 685. The first-order valence-corrected chi connectivity index (χ1v) is 7.55. The molecule has 0 saturated carbocycles. The number of amides is 1. The Morgan fingerprint density at radius 1 is 1.35 bits per heavy atom. The number of hydrogen-bond acceptors (Lipinski definition) is 5. The summed E-state index contributed by atoms with van der Waals surface area (Å²) in [6.07, 6.45) is 2.65. The van der Waals surface area contributed by atoms with Crippen LogP contribution in [0.5, 0.6) is 5.75 Å². The first-order chi connectivity index (χ1) is 11.2. The van der Waals surface area contributed by atoms with E-state index in [1.54, 1.807) is 30.0 Å². The van der Waals surface area contributed by atoms with Crippen LogP contribution in [-0.2, 0) is 11.3 Å². The molecule has 7 nitrogen and oxygen atoms in total. The predicted octanol–water partition coefficient (Wildman–Crippen LogP) is 1.20. The smallest absolute Gasteiger partial charge is 0.276 e. The highest BCUT2D eigenvalue weighted by Gasteiger charge is 2.28. The molecule has 2 heterocycles. The average molecular weight is 316 g/mol. The molecule has 122 valence electrons. The van der Waals surface area contributed by atoms with E-state index in [0.717, 1.165) is 17.7 Å². The lowest BCUT2D eigenvalue weighted by molar-refractivity contribution is 0.0719. The molecule has 1 fully saturated rings. The van der Waals surface area contributed by atoms with Gasteiger partial charge in [-0.15, -0.1) is 5.10 Å². The van der Waals surface area contributed by atoms with Crippen LogP contribution in [0.25, 0.3) is 0 Å². The summed E-state index contributed by atoms with van der Waals surface area (Å²) in [6, 6.07) is 7.72. The fourth-order valence-electron chi connectivity index (χ4n) is 2.75. The van der Waals surface area contributed by atoms with E-state index in [-0.39, 0.29) is 12.0 Å². The van der Waals surface area contributed by atoms with Crippen molar-refractivity contribution in [1.29, 1.82) is 0 Å². The second-order valence-electron chi connectivity index (χ2n) is 5.51. The van der Waals surface area contributed by atoms with Crippen molar-refractivity contribution in [3.05, 3.63) is 41.7 Å². The van der Waals surface area contributed by atoms with E-state index in [2.05, 4.69) is 10.3 Å². The van der Waals surface area contributed by atoms with E-state index in [9.17, 15) is 4.79 Å². The number of carbonyl (C=O) groups excluding carboxylic acids is 1. The van der Waals surface area contributed by atoms with Gasteiger partial charge in [-0.1, -0.05) is 23.4 Å². The quantitative estimate of drug-likeness (QED) is 0.829. The van der Waals surface area contributed by atoms with Crippen LogP contribution < -0.4 is 4.74 Å². The summed E-state index contributed by atoms with van der Waals surface area (Å²) in [5.74, 6) is 0.689. The molecule has 1 aliphatic rings. The average Bonchev–Trinajstić information content (AvgIpc) is 3.24. The lowest BCUT2D eigenvalue weighted by Gasteiger charge is -2.13. The van der Waals surface area contributed by atoms with Crippen LogP contribution in [0, 0.1) is 0 Å². The molecule has 1 aromatic carbocycles. The van der Waals surface area contributed by atoms with Gasteiger partial charge in [0.25, 0.3) is 5.91 Å². The van der Waals surface area contributed by atoms with Crippen molar-refractivity contribution in [3.8, 4) is 5.75 Å². The van der Waals surface area contributed by atoms with Gasteiger partial charge >= 0.3 is 0 Å². The number of nitrogens with zero attached hydrogens (tertiary/aromatic N) is 4. The highest BCUT2D eigenvalue weighted by atomic mass is 16.5. The highest BCUT2D eigenvalue weighted by molar-refractivity contribution is 5.92. The standard InChI is InChI=1S/C16H20N4O3/c1-22-13-7-8-19(10-13)16(21)14-11-20(18-17-14)9-12-5-3-4-6-15(12)23-2/h3-6,11,13H,7-10H2,1-2H3. The monoisotopic (exact) mass is 316 g/mol. The molecule has 1 aromatic heterocycles. The molecular weight excluding hydrogens is 296 g/mol. The summed E-state index contributed by atoms with van der Waals surface area (Å²) in [5.41, 5.74) is 1.34. The van der Waals surface area contributed by atoms with E-state index in [4.69, 9.17) is 9.47 Å². The fraction of sp³-hybridized carbons (Fsp3) is 0.438. The van der Waals surface area contributed by atoms with Gasteiger partial charge in [0.15, 0.2) is 5.69 Å². The third-order valence-electron chi connectivity index (χ3n) is 4.05. The van der Waals surface area contributed by atoms with Crippen LogP contribution in [0.15, 0.2) is 30.5 Å². The van der Waals surface area contributed by atoms with Gasteiger partial charge in [-0.2, -0.15) is 0 Å². The Balaban J connectivity index is 1.69.